The van der Waals surface area contributed by atoms with Crippen molar-refractivity contribution in [2.24, 2.45) is 0 Å². The molecule has 0 aliphatic rings. The van der Waals surface area contributed by atoms with Crippen molar-refractivity contribution in [2.75, 3.05) is 30.8 Å². The maximum absolute atomic E-state index is 5.37. The van der Waals surface area contributed by atoms with Crippen molar-refractivity contribution in [3.8, 4) is 5.75 Å². The second-order valence-corrected chi connectivity index (χ2v) is 4.13. The second kappa shape index (κ2) is 7.28. The minimum atomic E-state index is 0.635. The first-order chi connectivity index (χ1) is 9.85. The number of nitrogens with zero attached hydrogens (tertiary/aromatic N) is 3. The molecule has 0 bridgehead atoms. The molecule has 0 amide bonds. The maximum atomic E-state index is 5.37. The molecule has 0 aromatic carbocycles. The van der Waals surface area contributed by atoms with Crippen molar-refractivity contribution in [1.29, 1.82) is 0 Å². The van der Waals surface area contributed by atoms with Crippen LogP contribution in [0.4, 0.5) is 11.6 Å². The van der Waals surface area contributed by atoms with Gasteiger partial charge in [0.2, 0.25) is 5.75 Å². The molecule has 0 aliphatic carbocycles. The Labute approximate surface area is 118 Å². The molecule has 2 aromatic heterocycles. The summed E-state index contributed by atoms with van der Waals surface area (Å²) >= 11 is 0. The fraction of sp³-hybridized carbons (Fsp3) is 0.357. The molecule has 0 atom stereocenters. The van der Waals surface area contributed by atoms with Gasteiger partial charge in [-0.05, 0) is 19.1 Å². The van der Waals surface area contributed by atoms with Crippen LogP contribution in [-0.2, 0) is 6.42 Å². The van der Waals surface area contributed by atoms with Crippen LogP contribution in [0.1, 0.15) is 12.6 Å². The first-order valence-electron chi connectivity index (χ1n) is 6.61. The number of hydrogen-bond acceptors (Lipinski definition) is 6. The summed E-state index contributed by atoms with van der Waals surface area (Å²) < 4.78 is 5.37. The quantitative estimate of drug-likeness (QED) is 0.803. The lowest BCUT2D eigenvalue weighted by molar-refractivity contribution is 0.414. The molecule has 20 heavy (non-hydrogen) atoms. The normalized spacial score (nSPS) is 10.1. The summed E-state index contributed by atoms with van der Waals surface area (Å²) in [5.41, 5.74) is 1.04. The van der Waals surface area contributed by atoms with Crippen LogP contribution in [0.2, 0.25) is 0 Å². The molecular weight excluding hydrogens is 254 g/mol. The summed E-state index contributed by atoms with van der Waals surface area (Å²) in [5.74, 6) is 2.02. The molecule has 0 fully saturated rings. The highest BCUT2D eigenvalue weighted by atomic mass is 16.5. The Hall–Kier alpha value is -2.37. The zero-order chi connectivity index (χ0) is 14.2. The molecule has 0 spiro atoms. The van der Waals surface area contributed by atoms with Gasteiger partial charge in [0.05, 0.1) is 7.11 Å². The summed E-state index contributed by atoms with van der Waals surface area (Å²) in [6.07, 6.45) is 4.14. The summed E-state index contributed by atoms with van der Waals surface area (Å²) in [7, 11) is 1.61. The molecule has 6 heteroatoms. The third-order valence-corrected chi connectivity index (χ3v) is 2.75. The number of methoxy groups -OCH3 is 1. The lowest BCUT2D eigenvalue weighted by atomic mass is 10.3. The Morgan fingerprint density at radius 2 is 1.90 bits per heavy atom. The van der Waals surface area contributed by atoms with Crippen LogP contribution in [-0.4, -0.2) is 35.2 Å². The smallest absolute Gasteiger partial charge is 0.204 e. The van der Waals surface area contributed by atoms with Gasteiger partial charge in [0.25, 0.3) is 0 Å². The highest BCUT2D eigenvalue weighted by molar-refractivity contribution is 5.63. The van der Waals surface area contributed by atoms with Crippen molar-refractivity contribution in [2.45, 2.75) is 13.3 Å². The van der Waals surface area contributed by atoms with E-state index < -0.39 is 0 Å². The Bertz CT molecular complexity index is 532. The minimum absolute atomic E-state index is 0.635. The van der Waals surface area contributed by atoms with E-state index in [4.69, 9.17) is 4.74 Å². The van der Waals surface area contributed by atoms with Gasteiger partial charge in [-0.25, -0.2) is 9.97 Å². The first-order valence-corrected chi connectivity index (χ1v) is 6.61. The number of aromatic nitrogens is 3. The summed E-state index contributed by atoms with van der Waals surface area (Å²) in [6.45, 7) is 3.52. The van der Waals surface area contributed by atoms with Crippen molar-refractivity contribution in [1.82, 2.24) is 15.0 Å². The van der Waals surface area contributed by atoms with Gasteiger partial charge in [-0.15, -0.1) is 0 Å². The van der Waals surface area contributed by atoms with Gasteiger partial charge in [0.15, 0.2) is 11.6 Å². The van der Waals surface area contributed by atoms with Crippen molar-refractivity contribution < 1.29 is 4.74 Å². The monoisotopic (exact) mass is 273 g/mol. The predicted octanol–water partition coefficient (Wildman–Crippen LogP) is 1.97. The highest BCUT2D eigenvalue weighted by Crippen LogP contribution is 2.28. The van der Waals surface area contributed by atoms with Gasteiger partial charge in [0, 0.05) is 31.4 Å². The summed E-state index contributed by atoms with van der Waals surface area (Å²) in [5, 5.41) is 6.40. The number of pyridine rings is 1. The van der Waals surface area contributed by atoms with Crippen molar-refractivity contribution >= 4 is 11.6 Å². The van der Waals surface area contributed by atoms with Crippen molar-refractivity contribution in [3.05, 3.63) is 36.4 Å². The van der Waals surface area contributed by atoms with Gasteiger partial charge in [0.1, 0.15) is 6.33 Å². The van der Waals surface area contributed by atoms with E-state index in [0.29, 0.717) is 17.4 Å². The SMILES string of the molecule is CCNc1ncnc(NCCc2ccccn2)c1OC. The summed E-state index contributed by atoms with van der Waals surface area (Å²) in [6, 6.07) is 5.90. The van der Waals surface area contributed by atoms with Gasteiger partial charge >= 0.3 is 0 Å². The van der Waals surface area contributed by atoms with E-state index >= 15 is 0 Å². The zero-order valence-electron chi connectivity index (χ0n) is 11.8. The third-order valence-electron chi connectivity index (χ3n) is 2.75. The number of ether oxygens (including phenoxy) is 1. The van der Waals surface area contributed by atoms with Crippen molar-refractivity contribution in [3.63, 3.8) is 0 Å². The molecule has 0 saturated heterocycles. The van der Waals surface area contributed by atoms with Gasteiger partial charge in [-0.1, -0.05) is 6.07 Å². The number of hydrogen-bond donors (Lipinski definition) is 2. The Morgan fingerprint density at radius 3 is 2.55 bits per heavy atom. The largest absolute Gasteiger partial charge is 0.490 e. The lowest BCUT2D eigenvalue weighted by Crippen LogP contribution is -2.11. The first kappa shape index (κ1) is 14.0. The predicted molar refractivity (Wildman–Crippen MR) is 79.2 cm³/mol. The Balaban J connectivity index is 2.00. The van der Waals surface area contributed by atoms with Crippen LogP contribution in [0.25, 0.3) is 0 Å². The third kappa shape index (κ3) is 3.57. The van der Waals surface area contributed by atoms with E-state index in [0.717, 1.165) is 25.2 Å². The van der Waals surface area contributed by atoms with E-state index in [1.54, 1.807) is 13.3 Å². The highest BCUT2D eigenvalue weighted by Gasteiger charge is 2.10. The van der Waals surface area contributed by atoms with Gasteiger partial charge < -0.3 is 15.4 Å². The van der Waals surface area contributed by atoms with Crippen LogP contribution in [0, 0.1) is 0 Å². The lowest BCUT2D eigenvalue weighted by Gasteiger charge is -2.13. The summed E-state index contributed by atoms with van der Waals surface area (Å²) in [4.78, 5) is 12.7. The fourth-order valence-corrected chi connectivity index (χ4v) is 1.84. The van der Waals surface area contributed by atoms with Crippen LogP contribution in [0.15, 0.2) is 30.7 Å². The minimum Gasteiger partial charge on any atom is -0.490 e. The molecule has 6 nitrogen and oxygen atoms in total. The molecule has 0 saturated carbocycles. The maximum Gasteiger partial charge on any atom is 0.204 e. The Morgan fingerprint density at radius 1 is 1.10 bits per heavy atom. The van der Waals surface area contributed by atoms with Gasteiger partial charge in [-0.3, -0.25) is 4.98 Å². The Kier molecular flexibility index (Phi) is 5.11. The number of rotatable bonds is 7. The van der Waals surface area contributed by atoms with Crippen LogP contribution >= 0.6 is 0 Å². The molecule has 106 valence electrons. The molecule has 0 unspecified atom stereocenters. The number of nitrogens with one attached hydrogen (secondary N) is 2. The van der Waals surface area contributed by atoms with E-state index in [1.165, 1.54) is 6.33 Å². The van der Waals surface area contributed by atoms with E-state index in [1.807, 2.05) is 25.1 Å². The molecule has 0 aliphatic heterocycles. The molecular formula is C14H19N5O. The van der Waals surface area contributed by atoms with E-state index in [2.05, 4.69) is 25.6 Å². The zero-order valence-corrected chi connectivity index (χ0v) is 11.8. The molecule has 0 radical (unpaired) electrons. The fourth-order valence-electron chi connectivity index (χ4n) is 1.84. The molecule has 2 rings (SSSR count). The van der Waals surface area contributed by atoms with Crippen LogP contribution < -0.4 is 15.4 Å². The second-order valence-electron chi connectivity index (χ2n) is 4.13. The van der Waals surface area contributed by atoms with Crippen LogP contribution in [0.3, 0.4) is 0 Å². The average molecular weight is 273 g/mol. The van der Waals surface area contributed by atoms with E-state index in [9.17, 15) is 0 Å². The molecule has 2 N–H and O–H groups in total. The average Bonchev–Trinajstić information content (AvgIpc) is 2.49. The van der Waals surface area contributed by atoms with Crippen LogP contribution in [0.5, 0.6) is 5.75 Å². The number of anilines is 2. The van der Waals surface area contributed by atoms with E-state index in [-0.39, 0.29) is 0 Å². The molecule has 2 aromatic rings. The topological polar surface area (TPSA) is 72.0 Å². The van der Waals surface area contributed by atoms with Gasteiger partial charge in [-0.2, -0.15) is 0 Å². The molecule has 2 heterocycles. The standard InChI is InChI=1S/C14H19N5O/c1-3-15-13-12(20-2)14(19-10-18-13)17-9-7-11-6-4-5-8-16-11/h4-6,8,10H,3,7,9H2,1-2H3,(H2,15,17,18,19).